The second kappa shape index (κ2) is 8.45. The van der Waals surface area contributed by atoms with E-state index in [1.165, 1.54) is 6.42 Å². The highest BCUT2D eigenvalue weighted by Crippen LogP contribution is 2.43. The summed E-state index contributed by atoms with van der Waals surface area (Å²) in [6.45, 7) is 4.18. The fourth-order valence-corrected chi connectivity index (χ4v) is 3.32. The van der Waals surface area contributed by atoms with Gasteiger partial charge in [-0.1, -0.05) is 6.42 Å². The zero-order valence-corrected chi connectivity index (χ0v) is 14.7. The number of carbonyl (C=O) groups is 1. The van der Waals surface area contributed by atoms with Crippen LogP contribution in [0, 0.1) is 5.41 Å². The van der Waals surface area contributed by atoms with Gasteiger partial charge in [-0.3, -0.25) is 4.21 Å². The molecule has 23 heavy (non-hydrogen) atoms. The fraction of sp³-hybridized carbons (Fsp3) is 0.588. The first-order valence-electron chi connectivity index (χ1n) is 8.11. The number of hydrogen-bond acceptors (Lipinski definition) is 3. The van der Waals surface area contributed by atoms with Gasteiger partial charge in [-0.25, -0.2) is 4.79 Å². The van der Waals surface area contributed by atoms with E-state index in [1.807, 2.05) is 6.92 Å². The van der Waals surface area contributed by atoms with Gasteiger partial charge in [0.05, 0.1) is 0 Å². The third-order valence-electron chi connectivity index (χ3n) is 4.46. The number of anilines is 1. The van der Waals surface area contributed by atoms with Crippen LogP contribution in [0.25, 0.3) is 0 Å². The van der Waals surface area contributed by atoms with E-state index in [0.717, 1.165) is 37.4 Å². The predicted octanol–water partition coefficient (Wildman–Crippen LogP) is 3.14. The summed E-state index contributed by atoms with van der Waals surface area (Å²) in [6.07, 6.45) is 6.16. The SMILES string of the molecule is CCOCCC1(CNC(=O)Nc2ccc([S@](C)=O)cc2)CCC1. The molecule has 1 saturated carbocycles. The average Bonchev–Trinajstić information content (AvgIpc) is 2.49. The number of urea groups is 1. The Morgan fingerprint density at radius 2 is 2.00 bits per heavy atom. The van der Waals surface area contributed by atoms with Crippen LogP contribution >= 0.6 is 0 Å². The van der Waals surface area contributed by atoms with Crippen LogP contribution < -0.4 is 10.6 Å². The minimum absolute atomic E-state index is 0.196. The molecule has 0 radical (unpaired) electrons. The van der Waals surface area contributed by atoms with Crippen molar-refractivity contribution in [3.63, 3.8) is 0 Å². The Labute approximate surface area is 140 Å². The molecule has 128 valence electrons. The molecule has 1 atom stereocenters. The molecule has 1 aromatic rings. The highest BCUT2D eigenvalue weighted by molar-refractivity contribution is 7.84. The first kappa shape index (κ1) is 17.9. The van der Waals surface area contributed by atoms with E-state index in [1.54, 1.807) is 30.5 Å². The van der Waals surface area contributed by atoms with Crippen molar-refractivity contribution >= 4 is 22.5 Å². The van der Waals surface area contributed by atoms with Crippen LogP contribution in [0.3, 0.4) is 0 Å². The summed E-state index contributed by atoms with van der Waals surface area (Å²) in [7, 11) is -1.00. The number of hydrogen-bond donors (Lipinski definition) is 2. The maximum Gasteiger partial charge on any atom is 0.319 e. The van der Waals surface area contributed by atoms with Gasteiger partial charge >= 0.3 is 6.03 Å². The Morgan fingerprint density at radius 1 is 1.30 bits per heavy atom. The molecule has 0 heterocycles. The van der Waals surface area contributed by atoms with E-state index in [4.69, 9.17) is 4.74 Å². The van der Waals surface area contributed by atoms with E-state index in [9.17, 15) is 9.00 Å². The minimum atomic E-state index is -1.00. The van der Waals surface area contributed by atoms with Crippen LogP contribution in [0.15, 0.2) is 29.2 Å². The molecule has 1 aromatic carbocycles. The summed E-state index contributed by atoms with van der Waals surface area (Å²) < 4.78 is 16.8. The van der Waals surface area contributed by atoms with Crippen molar-refractivity contribution in [3.05, 3.63) is 24.3 Å². The number of nitrogens with one attached hydrogen (secondary N) is 2. The Hall–Kier alpha value is -1.40. The van der Waals surface area contributed by atoms with E-state index in [2.05, 4.69) is 10.6 Å². The Bertz CT molecular complexity index is 541. The van der Waals surface area contributed by atoms with Crippen molar-refractivity contribution in [2.24, 2.45) is 5.41 Å². The van der Waals surface area contributed by atoms with Gasteiger partial charge in [0.2, 0.25) is 0 Å². The van der Waals surface area contributed by atoms with E-state index in [-0.39, 0.29) is 11.4 Å². The van der Waals surface area contributed by atoms with Gasteiger partial charge in [-0.05, 0) is 55.9 Å². The summed E-state index contributed by atoms with van der Waals surface area (Å²) in [5, 5.41) is 5.79. The topological polar surface area (TPSA) is 67.4 Å². The molecule has 1 fully saturated rings. The summed E-state index contributed by atoms with van der Waals surface area (Å²) in [5.74, 6) is 0. The summed E-state index contributed by atoms with van der Waals surface area (Å²) in [5.41, 5.74) is 0.906. The normalized spacial score (nSPS) is 17.1. The van der Waals surface area contributed by atoms with Crippen LogP contribution in [0.5, 0.6) is 0 Å². The molecule has 0 saturated heterocycles. The highest BCUT2D eigenvalue weighted by Gasteiger charge is 2.36. The van der Waals surface area contributed by atoms with Crippen molar-refractivity contribution in [1.82, 2.24) is 5.32 Å². The molecule has 2 rings (SSSR count). The van der Waals surface area contributed by atoms with Crippen LogP contribution in [-0.2, 0) is 15.5 Å². The molecular formula is C17H26N2O3S. The molecule has 2 amide bonds. The largest absolute Gasteiger partial charge is 0.382 e. The highest BCUT2D eigenvalue weighted by atomic mass is 32.2. The predicted molar refractivity (Wildman–Crippen MR) is 93.2 cm³/mol. The fourth-order valence-electron chi connectivity index (χ4n) is 2.80. The second-order valence-corrected chi connectivity index (χ2v) is 7.47. The molecule has 2 N–H and O–H groups in total. The Kier molecular flexibility index (Phi) is 6.59. The number of benzene rings is 1. The third kappa shape index (κ3) is 5.32. The van der Waals surface area contributed by atoms with Crippen molar-refractivity contribution < 1.29 is 13.7 Å². The quantitative estimate of drug-likeness (QED) is 0.716. The minimum Gasteiger partial charge on any atom is -0.382 e. The van der Waals surface area contributed by atoms with Crippen LogP contribution in [0.4, 0.5) is 10.5 Å². The summed E-state index contributed by atoms with van der Waals surface area (Å²) >= 11 is 0. The van der Waals surface area contributed by atoms with Crippen LogP contribution in [-0.4, -0.2) is 36.3 Å². The van der Waals surface area contributed by atoms with Gasteiger partial charge in [-0.15, -0.1) is 0 Å². The van der Waals surface area contributed by atoms with Crippen molar-refractivity contribution in [2.45, 2.75) is 37.5 Å². The zero-order chi connectivity index (χ0) is 16.7. The average molecular weight is 338 g/mol. The Balaban J connectivity index is 1.78. The molecule has 1 aliphatic carbocycles. The molecule has 1 aliphatic rings. The zero-order valence-electron chi connectivity index (χ0n) is 13.9. The first-order chi connectivity index (χ1) is 11.0. The number of amides is 2. The molecule has 0 aliphatic heterocycles. The lowest BCUT2D eigenvalue weighted by molar-refractivity contribution is 0.0561. The molecule has 0 bridgehead atoms. The smallest absolute Gasteiger partial charge is 0.319 e. The van der Waals surface area contributed by atoms with Gasteiger partial charge in [-0.2, -0.15) is 0 Å². The van der Waals surface area contributed by atoms with E-state index < -0.39 is 10.8 Å². The van der Waals surface area contributed by atoms with Crippen molar-refractivity contribution in [2.75, 3.05) is 31.3 Å². The molecule has 5 nitrogen and oxygen atoms in total. The van der Waals surface area contributed by atoms with Gasteiger partial charge in [0.25, 0.3) is 0 Å². The molecule has 0 unspecified atom stereocenters. The lowest BCUT2D eigenvalue weighted by Crippen LogP contribution is -2.44. The number of carbonyl (C=O) groups excluding carboxylic acids is 1. The summed E-state index contributed by atoms with van der Waals surface area (Å²) in [6, 6.07) is 6.87. The first-order valence-corrected chi connectivity index (χ1v) is 9.66. The molecule has 0 aromatic heterocycles. The number of rotatable bonds is 8. The van der Waals surface area contributed by atoms with Crippen LogP contribution in [0.1, 0.15) is 32.6 Å². The van der Waals surface area contributed by atoms with Gasteiger partial charge < -0.3 is 15.4 Å². The maximum atomic E-state index is 12.0. The van der Waals surface area contributed by atoms with Gasteiger partial charge in [0.15, 0.2) is 0 Å². The van der Waals surface area contributed by atoms with Crippen molar-refractivity contribution in [1.29, 1.82) is 0 Å². The van der Waals surface area contributed by atoms with E-state index in [0.29, 0.717) is 12.2 Å². The second-order valence-electron chi connectivity index (χ2n) is 6.09. The molecular weight excluding hydrogens is 312 g/mol. The van der Waals surface area contributed by atoms with Crippen molar-refractivity contribution in [3.8, 4) is 0 Å². The summed E-state index contributed by atoms with van der Waals surface area (Å²) in [4.78, 5) is 12.8. The van der Waals surface area contributed by atoms with Gasteiger partial charge in [0.1, 0.15) is 0 Å². The Morgan fingerprint density at radius 3 is 2.52 bits per heavy atom. The van der Waals surface area contributed by atoms with Gasteiger partial charge in [0, 0.05) is 47.4 Å². The monoisotopic (exact) mass is 338 g/mol. The van der Waals surface area contributed by atoms with E-state index >= 15 is 0 Å². The number of ether oxygens (including phenoxy) is 1. The van der Waals surface area contributed by atoms with Crippen LogP contribution in [0.2, 0.25) is 0 Å². The standard InChI is InChI=1S/C17H26N2O3S/c1-3-22-12-11-17(9-4-10-17)13-18-16(20)19-14-5-7-15(8-6-14)23(2)21/h5-8H,3-4,9-13H2,1-2H3,(H2,18,19,20)/t23-/m0/s1. The lowest BCUT2D eigenvalue weighted by Gasteiger charge is -2.42. The third-order valence-corrected chi connectivity index (χ3v) is 5.40. The maximum absolute atomic E-state index is 12.0. The lowest BCUT2D eigenvalue weighted by atomic mass is 9.67. The molecule has 6 heteroatoms. The molecule has 0 spiro atoms.